The van der Waals surface area contributed by atoms with Crippen molar-refractivity contribution in [2.24, 2.45) is 5.92 Å². The monoisotopic (exact) mass is 235 g/mol. The lowest BCUT2D eigenvalue weighted by Gasteiger charge is -2.18. The largest absolute Gasteiger partial charge is 0.298 e. The molecule has 0 heterocycles. The molecule has 1 unspecified atom stereocenters. The van der Waals surface area contributed by atoms with Crippen molar-refractivity contribution in [1.82, 2.24) is 0 Å². The molecule has 0 bridgehead atoms. The lowest BCUT2D eigenvalue weighted by molar-refractivity contribution is -0.120. The fourth-order valence-electron chi connectivity index (χ4n) is 1.80. The van der Waals surface area contributed by atoms with E-state index in [1.165, 1.54) is 0 Å². The van der Waals surface area contributed by atoms with Gasteiger partial charge >= 0.3 is 0 Å². The molecule has 84 valence electrons. The first-order valence-corrected chi connectivity index (χ1v) is 5.59. The smallest absolute Gasteiger partial charge is 0.154 e. The van der Waals surface area contributed by atoms with E-state index in [9.17, 15) is 4.79 Å². The second-order valence-electron chi connectivity index (χ2n) is 4.07. The summed E-state index contributed by atoms with van der Waals surface area (Å²) in [4.78, 5) is 11.8. The Labute approximate surface area is 101 Å². The lowest BCUT2D eigenvalue weighted by Crippen LogP contribution is -2.17. The van der Waals surface area contributed by atoms with E-state index < -0.39 is 0 Å². The summed E-state index contributed by atoms with van der Waals surface area (Å²) in [6.45, 7) is 3.96. The fraction of sp³-hybridized carbons (Fsp3) is 0.385. The zero-order chi connectivity index (χ0) is 12.1. The highest BCUT2D eigenvalue weighted by Crippen LogP contribution is 2.27. The van der Waals surface area contributed by atoms with Crippen molar-refractivity contribution in [3.63, 3.8) is 0 Å². The lowest BCUT2D eigenvalue weighted by atomic mass is 9.84. The van der Waals surface area contributed by atoms with Gasteiger partial charge in [-0.25, -0.2) is 0 Å². The predicted octanol–water partition coefficient (Wildman–Crippen LogP) is 3.56. The van der Waals surface area contributed by atoms with Crippen LogP contribution < -0.4 is 0 Å². The number of benzene rings is 1. The zero-order valence-corrected chi connectivity index (χ0v) is 10.2. The molecule has 1 aromatic carbocycles. The molecule has 1 rings (SSSR count). The molecule has 0 amide bonds. The molecule has 2 nitrogen and oxygen atoms in total. The Bertz CT molecular complexity index is 403. The molecule has 0 radical (unpaired) electrons. The van der Waals surface area contributed by atoms with Gasteiger partial charge in [0.2, 0.25) is 0 Å². The van der Waals surface area contributed by atoms with Crippen molar-refractivity contribution in [3.8, 4) is 6.07 Å². The minimum Gasteiger partial charge on any atom is -0.298 e. The number of halogens is 1. The molecule has 0 saturated carbocycles. The quantitative estimate of drug-likeness (QED) is 0.801. The van der Waals surface area contributed by atoms with Crippen LogP contribution >= 0.6 is 11.6 Å². The fourth-order valence-corrected chi connectivity index (χ4v) is 1.93. The summed E-state index contributed by atoms with van der Waals surface area (Å²) < 4.78 is 0. The Balaban J connectivity index is 2.99. The summed E-state index contributed by atoms with van der Waals surface area (Å²) in [5.41, 5.74) is 0.930. The molecular weight excluding hydrogens is 222 g/mol. The van der Waals surface area contributed by atoms with Gasteiger partial charge in [-0.1, -0.05) is 37.6 Å². The van der Waals surface area contributed by atoms with Crippen LogP contribution in [0.1, 0.15) is 31.7 Å². The standard InChI is InChI=1S/C13H14ClNO/c1-9(2)13(12(16)7-8-15)10-3-5-11(14)6-4-10/h3-6,9,13H,7H2,1-2H3. The number of carbonyl (C=O) groups is 1. The van der Waals surface area contributed by atoms with Crippen LogP contribution in [0.25, 0.3) is 0 Å². The molecule has 3 heteroatoms. The van der Waals surface area contributed by atoms with E-state index in [1.807, 2.05) is 32.0 Å². The number of carbonyl (C=O) groups excluding carboxylic acids is 1. The molecule has 0 aliphatic carbocycles. The molecule has 0 fully saturated rings. The Morgan fingerprint density at radius 1 is 1.38 bits per heavy atom. The van der Waals surface area contributed by atoms with Crippen LogP contribution in [0.3, 0.4) is 0 Å². The van der Waals surface area contributed by atoms with E-state index in [1.54, 1.807) is 12.1 Å². The summed E-state index contributed by atoms with van der Waals surface area (Å²) >= 11 is 5.80. The van der Waals surface area contributed by atoms with Gasteiger partial charge in [-0.05, 0) is 23.6 Å². The molecule has 16 heavy (non-hydrogen) atoms. The van der Waals surface area contributed by atoms with Gasteiger partial charge in [-0.2, -0.15) is 5.26 Å². The van der Waals surface area contributed by atoms with E-state index in [0.717, 1.165) is 5.56 Å². The van der Waals surface area contributed by atoms with Gasteiger partial charge in [-0.15, -0.1) is 0 Å². The van der Waals surface area contributed by atoms with Crippen LogP contribution in [0.2, 0.25) is 5.02 Å². The number of rotatable bonds is 4. The molecule has 0 saturated heterocycles. The summed E-state index contributed by atoms with van der Waals surface area (Å²) in [6.07, 6.45) is -0.0362. The van der Waals surface area contributed by atoms with Gasteiger partial charge in [0.05, 0.1) is 12.5 Å². The van der Waals surface area contributed by atoms with Crippen molar-refractivity contribution in [1.29, 1.82) is 5.26 Å². The van der Waals surface area contributed by atoms with Crippen LogP contribution in [0.5, 0.6) is 0 Å². The average Bonchev–Trinajstić information content (AvgIpc) is 2.21. The number of Topliss-reactive ketones (excluding diaryl/α,β-unsaturated/α-hetero) is 1. The molecule has 1 atom stereocenters. The highest BCUT2D eigenvalue weighted by Gasteiger charge is 2.23. The van der Waals surface area contributed by atoms with Crippen molar-refractivity contribution < 1.29 is 4.79 Å². The van der Waals surface area contributed by atoms with Gasteiger partial charge in [0.25, 0.3) is 0 Å². The number of hydrogen-bond acceptors (Lipinski definition) is 2. The topological polar surface area (TPSA) is 40.9 Å². The maximum Gasteiger partial charge on any atom is 0.154 e. The summed E-state index contributed by atoms with van der Waals surface area (Å²) in [5.74, 6) is -0.0567. The normalized spacial score (nSPS) is 12.2. The molecule has 1 aromatic rings. The van der Waals surface area contributed by atoms with Crippen LogP contribution in [-0.4, -0.2) is 5.78 Å². The van der Waals surface area contributed by atoms with E-state index in [4.69, 9.17) is 16.9 Å². The number of nitriles is 1. The molecule has 0 spiro atoms. The summed E-state index contributed by atoms with van der Waals surface area (Å²) in [5, 5.41) is 9.22. The van der Waals surface area contributed by atoms with E-state index >= 15 is 0 Å². The van der Waals surface area contributed by atoms with Crippen LogP contribution in [0, 0.1) is 17.2 Å². The minimum absolute atomic E-state index is 0.0279. The van der Waals surface area contributed by atoms with Crippen molar-refractivity contribution >= 4 is 17.4 Å². The van der Waals surface area contributed by atoms with E-state index in [-0.39, 0.29) is 24.0 Å². The molecular formula is C13H14ClNO. The van der Waals surface area contributed by atoms with Gasteiger partial charge in [-0.3, -0.25) is 4.79 Å². The molecule has 0 aromatic heterocycles. The van der Waals surface area contributed by atoms with Crippen molar-refractivity contribution in [2.75, 3.05) is 0 Å². The first-order valence-electron chi connectivity index (χ1n) is 5.21. The van der Waals surface area contributed by atoms with Crippen molar-refractivity contribution in [2.45, 2.75) is 26.2 Å². The minimum atomic E-state index is -0.211. The molecule has 0 aliphatic heterocycles. The average molecular weight is 236 g/mol. The van der Waals surface area contributed by atoms with Crippen molar-refractivity contribution in [3.05, 3.63) is 34.9 Å². The summed E-state index contributed by atoms with van der Waals surface area (Å²) in [6, 6.07) is 9.15. The van der Waals surface area contributed by atoms with Crippen LogP contribution in [0.15, 0.2) is 24.3 Å². The number of hydrogen-bond donors (Lipinski definition) is 0. The van der Waals surface area contributed by atoms with E-state index in [0.29, 0.717) is 5.02 Å². The Kier molecular flexibility index (Phi) is 4.52. The Morgan fingerprint density at radius 3 is 2.38 bits per heavy atom. The Hall–Kier alpha value is -1.33. The first kappa shape index (κ1) is 12.7. The zero-order valence-electron chi connectivity index (χ0n) is 9.40. The molecule has 0 aliphatic rings. The maximum atomic E-state index is 11.8. The third-order valence-corrected chi connectivity index (χ3v) is 2.75. The highest BCUT2D eigenvalue weighted by atomic mass is 35.5. The van der Waals surface area contributed by atoms with Gasteiger partial charge in [0, 0.05) is 10.9 Å². The SMILES string of the molecule is CC(C)C(C(=O)CC#N)c1ccc(Cl)cc1. The predicted molar refractivity (Wildman–Crippen MR) is 64.3 cm³/mol. The van der Waals surface area contributed by atoms with Crippen LogP contribution in [-0.2, 0) is 4.79 Å². The van der Waals surface area contributed by atoms with Gasteiger partial charge in [0.1, 0.15) is 0 Å². The van der Waals surface area contributed by atoms with Gasteiger partial charge in [0.15, 0.2) is 5.78 Å². The second-order valence-corrected chi connectivity index (χ2v) is 4.51. The van der Waals surface area contributed by atoms with E-state index in [2.05, 4.69) is 0 Å². The third-order valence-electron chi connectivity index (χ3n) is 2.50. The summed E-state index contributed by atoms with van der Waals surface area (Å²) in [7, 11) is 0. The second kappa shape index (κ2) is 5.67. The maximum absolute atomic E-state index is 11.8. The molecule has 0 N–H and O–H groups in total. The third kappa shape index (κ3) is 3.08. The first-order chi connectivity index (χ1) is 7.56. The number of nitrogens with zero attached hydrogens (tertiary/aromatic N) is 1. The number of ketones is 1. The van der Waals surface area contributed by atoms with Gasteiger partial charge < -0.3 is 0 Å². The highest BCUT2D eigenvalue weighted by molar-refractivity contribution is 6.30. The Morgan fingerprint density at radius 2 is 1.94 bits per heavy atom. The van der Waals surface area contributed by atoms with Crippen LogP contribution in [0.4, 0.5) is 0 Å².